The van der Waals surface area contributed by atoms with Gasteiger partial charge < -0.3 is 55.3 Å². The highest BCUT2D eigenvalue weighted by Crippen LogP contribution is 2.49. The number of carbonyl (C=O) groups is 1. The lowest BCUT2D eigenvalue weighted by atomic mass is 9.83. The highest BCUT2D eigenvalue weighted by Gasteiger charge is 2.59. The summed E-state index contributed by atoms with van der Waals surface area (Å²) < 4.78 is 113. The Balaban J connectivity index is 1.18. The number of methoxy groups -OCH3 is 2. The summed E-state index contributed by atoms with van der Waals surface area (Å²) in [4.78, 5) is 13.0. The molecular weight excluding hydrogens is 1340 g/mol. The van der Waals surface area contributed by atoms with E-state index in [1.165, 1.54) is 7.11 Å². The molecular formula is C77H140O15SSi5. The van der Waals surface area contributed by atoms with Crippen molar-refractivity contribution >= 4 is 57.4 Å². The van der Waals surface area contributed by atoms with Crippen LogP contribution in [0.1, 0.15) is 188 Å². The molecule has 1 aromatic carbocycles. The molecule has 5 fully saturated rings. The zero-order valence-corrected chi connectivity index (χ0v) is 72.5. The van der Waals surface area contributed by atoms with Crippen LogP contribution in [0, 0.1) is 11.8 Å². The first kappa shape index (κ1) is 85.4. The molecule has 564 valence electrons. The second kappa shape index (κ2) is 33.1. The molecule has 5 aliphatic heterocycles. The highest BCUT2D eigenvalue weighted by atomic mass is 32.2. The molecule has 15 nitrogen and oxygen atoms in total. The largest absolute Gasteiger partial charge is 0.469 e. The van der Waals surface area contributed by atoms with Crippen molar-refractivity contribution in [2.45, 2.75) is 375 Å². The Labute approximate surface area is 602 Å². The maximum absolute atomic E-state index is 14.4. The van der Waals surface area contributed by atoms with Crippen molar-refractivity contribution in [2.24, 2.45) is 11.8 Å². The summed E-state index contributed by atoms with van der Waals surface area (Å²) in [6.45, 7) is 68.8. The minimum Gasteiger partial charge on any atom is -0.469 e. The van der Waals surface area contributed by atoms with Crippen LogP contribution in [0.5, 0.6) is 0 Å². The van der Waals surface area contributed by atoms with Crippen LogP contribution in [0.2, 0.25) is 90.7 Å². The van der Waals surface area contributed by atoms with E-state index < -0.39 is 106 Å². The number of hydrogen-bond donors (Lipinski definition) is 0. The molecule has 0 aliphatic carbocycles. The van der Waals surface area contributed by atoms with Gasteiger partial charge in [0.1, 0.15) is 24.4 Å². The molecule has 5 aliphatic rings. The first-order valence-electron chi connectivity index (χ1n) is 37.3. The van der Waals surface area contributed by atoms with E-state index in [0.29, 0.717) is 32.3 Å². The Morgan fingerprint density at radius 1 is 0.633 bits per heavy atom. The summed E-state index contributed by atoms with van der Waals surface area (Å²) in [5, 5.41) is -0.332. The van der Waals surface area contributed by atoms with E-state index in [9.17, 15) is 13.2 Å². The number of benzene rings is 1. The van der Waals surface area contributed by atoms with Gasteiger partial charge in [0.25, 0.3) is 0 Å². The summed E-state index contributed by atoms with van der Waals surface area (Å²) in [5.41, 5.74) is 2.13. The predicted octanol–water partition coefficient (Wildman–Crippen LogP) is 18.7. The van der Waals surface area contributed by atoms with Gasteiger partial charge in [-0.05, 0) is 178 Å². The highest BCUT2D eigenvalue weighted by molar-refractivity contribution is 7.91. The van der Waals surface area contributed by atoms with Crippen molar-refractivity contribution in [1.29, 1.82) is 0 Å². The quantitative estimate of drug-likeness (QED) is 0.0309. The van der Waals surface area contributed by atoms with Crippen molar-refractivity contribution in [3.63, 3.8) is 0 Å². The summed E-state index contributed by atoms with van der Waals surface area (Å²) in [6, 6.07) is 8.74. The average Bonchev–Trinajstić information content (AvgIpc) is 0.770. The van der Waals surface area contributed by atoms with E-state index in [0.717, 1.165) is 56.1 Å². The summed E-state index contributed by atoms with van der Waals surface area (Å²) >= 11 is 0. The van der Waals surface area contributed by atoms with Crippen LogP contribution in [-0.2, 0) is 69.9 Å². The third-order valence-electron chi connectivity index (χ3n) is 24.8. The third kappa shape index (κ3) is 21.8. The molecule has 0 saturated carbocycles. The van der Waals surface area contributed by atoms with Crippen molar-refractivity contribution in [2.75, 3.05) is 26.6 Å². The van der Waals surface area contributed by atoms with E-state index in [1.807, 2.05) is 6.07 Å². The van der Waals surface area contributed by atoms with Gasteiger partial charge >= 0.3 is 5.97 Å². The number of allylic oxidation sites excluding steroid dienone is 1. The van der Waals surface area contributed by atoms with Gasteiger partial charge in [0.05, 0.1) is 97.9 Å². The fourth-order valence-electron chi connectivity index (χ4n) is 13.2. The molecule has 5 saturated heterocycles. The van der Waals surface area contributed by atoms with Gasteiger partial charge in [-0.25, -0.2) is 8.42 Å². The summed E-state index contributed by atoms with van der Waals surface area (Å²) in [5.74, 6) is -0.730. The zero-order valence-electron chi connectivity index (χ0n) is 66.7. The van der Waals surface area contributed by atoms with E-state index in [-0.39, 0.29) is 96.9 Å². The molecule has 0 aromatic heterocycles. The van der Waals surface area contributed by atoms with E-state index in [1.54, 1.807) is 31.4 Å². The van der Waals surface area contributed by atoms with Crippen LogP contribution in [0.15, 0.2) is 71.7 Å². The monoisotopic (exact) mass is 1480 g/mol. The Morgan fingerprint density at radius 3 is 1.76 bits per heavy atom. The fraction of sp³-hybridized carbons (Fsp3) is 0.831. The minimum atomic E-state index is -3.75. The number of esters is 1. The molecule has 0 bridgehead atoms. The van der Waals surface area contributed by atoms with E-state index in [4.69, 9.17) is 55.3 Å². The smallest absolute Gasteiger partial charge is 0.308 e. The van der Waals surface area contributed by atoms with Gasteiger partial charge in [0, 0.05) is 25.9 Å². The zero-order chi connectivity index (χ0) is 74.0. The molecule has 0 amide bonds. The lowest BCUT2D eigenvalue weighted by Crippen LogP contribution is -2.69. The van der Waals surface area contributed by atoms with Gasteiger partial charge in [-0.3, -0.25) is 4.79 Å². The van der Waals surface area contributed by atoms with Gasteiger partial charge in [-0.15, -0.1) is 0 Å². The van der Waals surface area contributed by atoms with Crippen molar-refractivity contribution < 1.29 is 68.5 Å². The van der Waals surface area contributed by atoms with Crippen LogP contribution in [-0.4, -0.2) is 174 Å². The fourth-order valence-corrected chi connectivity index (χ4v) is 21.1. The molecule has 17 atom stereocenters. The molecule has 1 aromatic rings. The van der Waals surface area contributed by atoms with Crippen LogP contribution in [0.4, 0.5) is 0 Å². The van der Waals surface area contributed by atoms with Crippen molar-refractivity contribution in [3.05, 3.63) is 66.8 Å². The number of ether oxygens (including phenoxy) is 7. The predicted molar refractivity (Wildman–Crippen MR) is 412 cm³/mol. The van der Waals surface area contributed by atoms with Crippen molar-refractivity contribution in [3.8, 4) is 0 Å². The average molecular weight is 1480 g/mol. The molecule has 0 radical (unpaired) electrons. The normalized spacial score (nSPS) is 30.1. The number of carbonyl (C=O) groups excluding carboxylic acids is 1. The topological polar surface area (TPSA) is 162 Å². The van der Waals surface area contributed by atoms with Gasteiger partial charge in [-0.2, -0.15) is 0 Å². The van der Waals surface area contributed by atoms with Crippen molar-refractivity contribution in [1.82, 2.24) is 0 Å². The Hall–Kier alpha value is -1.50. The van der Waals surface area contributed by atoms with Crippen LogP contribution in [0.25, 0.3) is 0 Å². The minimum absolute atomic E-state index is 0.00552. The molecule has 98 heavy (non-hydrogen) atoms. The first-order valence-corrected chi connectivity index (χ1v) is 53.5. The molecule has 8 unspecified atom stereocenters. The Kier molecular flexibility index (Phi) is 28.9. The molecule has 5 heterocycles. The maximum atomic E-state index is 14.4. The second-order valence-corrected chi connectivity index (χ2v) is 63.3. The standard InChI is InChI=1S/C77H140O15SSi5/c1-52-45-56(85-64(54(52)3)49-65-60(51-93(79,80)59-38-34-32-35-39-59)68(82-20)66(87-65)47-58(89-95(23,24)74(7,8)9)50-83-94(21,22)73(4,5)6)41-43-61-53(2)46-55(84-61)37-33-31-36-40-63(90-96(25,26)75(10,11)12)70-72(92-98(29,30)77(16,17)18)71(91-97(27,28)76(13,14)15)69-62(88-70)44-42-57(86-69)48-67(78)81-19/h32,34-36,38-40,52,55-58,60-66,68-72H,2-3,31,33,37,41-51H2,1,4-30H3/b40-36+/t52-,55+,56+,57-,58?,60?,61?,62+,63?,64?,65+,66?,68-,69+,70+,71?,72?/m1/s1. The van der Waals surface area contributed by atoms with Gasteiger partial charge in [-0.1, -0.05) is 154 Å². The summed E-state index contributed by atoms with van der Waals surface area (Å²) in [7, 11) is -12.5. The lowest BCUT2D eigenvalue weighted by molar-refractivity contribution is -0.267. The second-order valence-electron chi connectivity index (χ2n) is 37.5. The Bertz CT molecular complexity index is 2900. The molecule has 0 N–H and O–H groups in total. The third-order valence-corrected chi connectivity index (χ3v) is 49.1. The number of hydrogen-bond acceptors (Lipinski definition) is 15. The summed E-state index contributed by atoms with van der Waals surface area (Å²) in [6.07, 6.45) is 7.76. The number of sulfone groups is 1. The molecule has 6 rings (SSSR count). The molecule has 0 spiro atoms. The van der Waals surface area contributed by atoms with Gasteiger partial charge in [0.15, 0.2) is 51.4 Å². The first-order chi connectivity index (χ1) is 44.7. The van der Waals surface area contributed by atoms with E-state index in [2.05, 4.69) is 202 Å². The number of fused-ring (bicyclic) bond motifs is 1. The number of unbranched alkanes of at least 4 members (excludes halogenated alkanes) is 1. The Morgan fingerprint density at radius 2 is 1.19 bits per heavy atom. The number of rotatable bonds is 30. The van der Waals surface area contributed by atoms with E-state index >= 15 is 0 Å². The van der Waals surface area contributed by atoms with Crippen LogP contribution < -0.4 is 0 Å². The maximum Gasteiger partial charge on any atom is 0.308 e. The van der Waals surface area contributed by atoms with Crippen LogP contribution in [0.3, 0.4) is 0 Å². The van der Waals surface area contributed by atoms with Crippen LogP contribution >= 0.6 is 0 Å². The lowest BCUT2D eigenvalue weighted by Gasteiger charge is -2.56. The SMILES string of the molecule is C=C1C[C@H](CCC/C=C/C(O[Si](C)(C)C(C)(C)C)[C@@H]2O[C@H]3CC[C@H](CC(=O)OC)O[C@@H]3C(O[Si](C)(C)C(C)(C)C)C2O[Si](C)(C)C(C)(C)C)OC1CC[C@H]1C[C@@H](C)C(=C)C(C[C@@H]2OC(CC(CO[Si](C)(C)C(C)(C)C)O[Si](C)(C)C(C)(C)C)[C@H](OC)C2CS(=O)(=O)c2ccccc2)O1. The molecule has 21 heteroatoms. The van der Waals surface area contributed by atoms with Gasteiger partial charge in [0.2, 0.25) is 0 Å².